The first-order valence-electron chi connectivity index (χ1n) is 6.83. The van der Waals surface area contributed by atoms with Gasteiger partial charge in [-0.15, -0.1) is 0 Å². The zero-order chi connectivity index (χ0) is 12.5. The molecule has 0 heterocycles. The highest BCUT2D eigenvalue weighted by atomic mass is 14.2. The standard InChI is InChI=1S/C15H18.C2H6/c1-2-15(13-9-5-3-6-10-13)14-11-7-4-8-12-14;1-2/h3,5-7,9-12,15H,2,4,8H2,1H3;1-2H3. The lowest BCUT2D eigenvalue weighted by molar-refractivity contribution is 0.763. The maximum atomic E-state index is 2.39. The molecule has 1 aliphatic rings. The molecule has 0 amide bonds. The van der Waals surface area contributed by atoms with Gasteiger partial charge in [0, 0.05) is 5.92 Å². The zero-order valence-electron chi connectivity index (χ0n) is 11.3. The first kappa shape index (κ1) is 13.8. The van der Waals surface area contributed by atoms with Crippen LogP contribution in [0.1, 0.15) is 51.5 Å². The molecule has 92 valence electrons. The predicted molar refractivity (Wildman–Crippen MR) is 77.3 cm³/mol. The summed E-state index contributed by atoms with van der Waals surface area (Å²) in [6, 6.07) is 10.8. The maximum Gasteiger partial charge on any atom is 0.00834 e. The quantitative estimate of drug-likeness (QED) is 0.642. The highest BCUT2D eigenvalue weighted by Gasteiger charge is 2.13. The third-order valence-electron chi connectivity index (χ3n) is 3.04. The smallest absolute Gasteiger partial charge is 0.00834 e. The van der Waals surface area contributed by atoms with Gasteiger partial charge < -0.3 is 0 Å². The summed E-state index contributed by atoms with van der Waals surface area (Å²) in [4.78, 5) is 0. The lowest BCUT2D eigenvalue weighted by atomic mass is 9.86. The lowest BCUT2D eigenvalue weighted by Crippen LogP contribution is -2.01. The van der Waals surface area contributed by atoms with Gasteiger partial charge in [0.15, 0.2) is 0 Å². The minimum atomic E-state index is 0.586. The molecular formula is C17H24. The monoisotopic (exact) mass is 228 g/mol. The van der Waals surface area contributed by atoms with E-state index in [0.29, 0.717) is 5.92 Å². The first-order chi connectivity index (χ1) is 8.42. The summed E-state index contributed by atoms with van der Waals surface area (Å²) in [6.07, 6.45) is 10.6. The molecule has 1 aliphatic carbocycles. The van der Waals surface area contributed by atoms with Crippen LogP contribution < -0.4 is 0 Å². The van der Waals surface area contributed by atoms with Gasteiger partial charge in [-0.2, -0.15) is 0 Å². The van der Waals surface area contributed by atoms with Crippen LogP contribution >= 0.6 is 0 Å². The molecule has 1 aromatic rings. The van der Waals surface area contributed by atoms with Crippen molar-refractivity contribution in [3.05, 3.63) is 59.7 Å². The summed E-state index contributed by atoms with van der Waals surface area (Å²) in [7, 11) is 0. The van der Waals surface area contributed by atoms with Gasteiger partial charge in [-0.25, -0.2) is 0 Å². The van der Waals surface area contributed by atoms with E-state index in [9.17, 15) is 0 Å². The second-order valence-electron chi connectivity index (χ2n) is 4.06. The number of allylic oxidation sites excluding steroid dienone is 4. The second-order valence-corrected chi connectivity index (χ2v) is 4.06. The van der Waals surface area contributed by atoms with Gasteiger partial charge in [0.1, 0.15) is 0 Å². The van der Waals surface area contributed by atoms with Crippen molar-refractivity contribution in [2.24, 2.45) is 0 Å². The summed E-state index contributed by atoms with van der Waals surface area (Å²) < 4.78 is 0. The Morgan fingerprint density at radius 2 is 1.76 bits per heavy atom. The Morgan fingerprint density at radius 1 is 1.06 bits per heavy atom. The molecule has 17 heavy (non-hydrogen) atoms. The zero-order valence-corrected chi connectivity index (χ0v) is 11.3. The van der Waals surface area contributed by atoms with Crippen LogP contribution in [0.15, 0.2) is 54.1 Å². The molecule has 0 saturated heterocycles. The Labute approximate surface area is 106 Å². The van der Waals surface area contributed by atoms with Crippen LogP contribution in [0.2, 0.25) is 0 Å². The molecule has 0 radical (unpaired) electrons. The van der Waals surface area contributed by atoms with Crippen molar-refractivity contribution in [3.8, 4) is 0 Å². The van der Waals surface area contributed by atoms with Gasteiger partial charge in [-0.05, 0) is 30.4 Å². The molecule has 2 rings (SSSR count). The van der Waals surface area contributed by atoms with Crippen molar-refractivity contribution >= 4 is 0 Å². The third kappa shape index (κ3) is 3.89. The van der Waals surface area contributed by atoms with Crippen LogP contribution in [0.5, 0.6) is 0 Å². The molecule has 0 aromatic heterocycles. The van der Waals surface area contributed by atoms with E-state index >= 15 is 0 Å². The highest BCUT2D eigenvalue weighted by molar-refractivity contribution is 5.36. The first-order valence-corrected chi connectivity index (χ1v) is 6.83. The van der Waals surface area contributed by atoms with Crippen molar-refractivity contribution in [1.29, 1.82) is 0 Å². The van der Waals surface area contributed by atoms with E-state index in [-0.39, 0.29) is 0 Å². The van der Waals surface area contributed by atoms with Crippen LogP contribution in [0.25, 0.3) is 0 Å². The van der Waals surface area contributed by atoms with Gasteiger partial charge in [-0.3, -0.25) is 0 Å². The third-order valence-corrected chi connectivity index (χ3v) is 3.04. The number of hydrogen-bond donors (Lipinski definition) is 0. The molecule has 0 spiro atoms. The molecule has 0 fully saturated rings. The molecular weight excluding hydrogens is 204 g/mol. The van der Waals surface area contributed by atoms with E-state index in [1.54, 1.807) is 0 Å². The fourth-order valence-electron chi connectivity index (χ4n) is 2.24. The topological polar surface area (TPSA) is 0 Å². The van der Waals surface area contributed by atoms with Gasteiger partial charge >= 0.3 is 0 Å². The second kappa shape index (κ2) is 7.89. The predicted octanol–water partition coefficient (Wildman–Crippen LogP) is 5.48. The van der Waals surface area contributed by atoms with Crippen LogP contribution in [0.3, 0.4) is 0 Å². The van der Waals surface area contributed by atoms with Crippen LogP contribution in [-0.4, -0.2) is 0 Å². The Hall–Kier alpha value is -1.30. The summed E-state index contributed by atoms with van der Waals surface area (Å²) in [6.45, 7) is 6.26. The SMILES string of the molecule is CC.CCC(C1=CCCC=C1)c1ccccc1. The van der Waals surface area contributed by atoms with E-state index in [4.69, 9.17) is 0 Å². The van der Waals surface area contributed by atoms with Gasteiger partial charge in [0.2, 0.25) is 0 Å². The van der Waals surface area contributed by atoms with Gasteiger partial charge in [0.05, 0.1) is 0 Å². The van der Waals surface area contributed by atoms with E-state index < -0.39 is 0 Å². The molecule has 1 unspecified atom stereocenters. The fraction of sp³-hybridized carbons (Fsp3) is 0.412. The Bertz CT molecular complexity index is 357. The van der Waals surface area contributed by atoms with Crippen LogP contribution in [0, 0.1) is 0 Å². The molecule has 0 saturated carbocycles. The summed E-state index contributed by atoms with van der Waals surface area (Å²) in [5.74, 6) is 0.586. The largest absolute Gasteiger partial charge is 0.0839 e. The van der Waals surface area contributed by atoms with Crippen LogP contribution in [0.4, 0.5) is 0 Å². The lowest BCUT2D eigenvalue weighted by Gasteiger charge is -2.18. The van der Waals surface area contributed by atoms with Crippen molar-refractivity contribution in [3.63, 3.8) is 0 Å². The van der Waals surface area contributed by atoms with Crippen molar-refractivity contribution in [2.45, 2.75) is 46.0 Å². The van der Waals surface area contributed by atoms with Crippen molar-refractivity contribution < 1.29 is 0 Å². The minimum Gasteiger partial charge on any atom is -0.0839 e. The molecule has 0 bridgehead atoms. The summed E-state index contributed by atoms with van der Waals surface area (Å²) in [5, 5.41) is 0. The number of hydrogen-bond acceptors (Lipinski definition) is 0. The van der Waals surface area contributed by atoms with E-state index in [0.717, 1.165) is 0 Å². The molecule has 0 N–H and O–H groups in total. The Balaban J connectivity index is 0.000000686. The highest BCUT2D eigenvalue weighted by Crippen LogP contribution is 2.30. The average Bonchev–Trinajstić information content (AvgIpc) is 2.44. The maximum absolute atomic E-state index is 2.39. The summed E-state index contributed by atoms with van der Waals surface area (Å²) in [5.41, 5.74) is 2.94. The Kier molecular flexibility index (Phi) is 6.39. The van der Waals surface area contributed by atoms with E-state index in [1.807, 2.05) is 13.8 Å². The molecule has 1 atom stereocenters. The van der Waals surface area contributed by atoms with Crippen molar-refractivity contribution in [1.82, 2.24) is 0 Å². The molecule has 0 aliphatic heterocycles. The number of benzene rings is 1. The van der Waals surface area contributed by atoms with Crippen molar-refractivity contribution in [2.75, 3.05) is 0 Å². The minimum absolute atomic E-state index is 0.586. The van der Waals surface area contributed by atoms with Crippen LogP contribution in [-0.2, 0) is 0 Å². The molecule has 0 nitrogen and oxygen atoms in total. The van der Waals surface area contributed by atoms with E-state index in [2.05, 4.69) is 55.5 Å². The van der Waals surface area contributed by atoms with Gasteiger partial charge in [-0.1, -0.05) is 69.3 Å². The van der Waals surface area contributed by atoms with Gasteiger partial charge in [0.25, 0.3) is 0 Å². The summed E-state index contributed by atoms with van der Waals surface area (Å²) >= 11 is 0. The Morgan fingerprint density at radius 3 is 2.29 bits per heavy atom. The molecule has 1 aromatic carbocycles. The average molecular weight is 228 g/mol. The number of rotatable bonds is 3. The molecule has 0 heteroatoms. The fourth-order valence-corrected chi connectivity index (χ4v) is 2.24. The van der Waals surface area contributed by atoms with E-state index in [1.165, 1.54) is 30.4 Å². The normalized spacial score (nSPS) is 15.6.